The molecule has 1 heteroatoms. The molecule has 1 aliphatic rings. The van der Waals surface area contributed by atoms with Crippen molar-refractivity contribution in [2.45, 2.75) is 53.9 Å². The number of hydrogen-bond donors (Lipinski definition) is 0. The van der Waals surface area contributed by atoms with Gasteiger partial charge in [0.25, 0.3) is 0 Å². The van der Waals surface area contributed by atoms with Crippen LogP contribution in [0.15, 0.2) is 23.9 Å². The second-order valence-corrected chi connectivity index (χ2v) is 6.38. The van der Waals surface area contributed by atoms with Gasteiger partial charge in [-0.25, -0.2) is 0 Å². The molecule has 1 unspecified atom stereocenters. The van der Waals surface area contributed by atoms with Crippen LogP contribution < -0.4 is 0 Å². The zero-order valence-corrected chi connectivity index (χ0v) is 12.9. The predicted molar refractivity (Wildman–Crippen MR) is 81.5 cm³/mol. The first-order valence-corrected chi connectivity index (χ1v) is 7.62. The van der Waals surface area contributed by atoms with Crippen molar-refractivity contribution in [1.29, 1.82) is 0 Å². The smallest absolute Gasteiger partial charge is 0.0217 e. The minimum atomic E-state index is 0.648. The maximum atomic E-state index is 2.44. The average molecular weight is 249 g/mol. The van der Waals surface area contributed by atoms with Crippen LogP contribution >= 0.6 is 0 Å². The molecule has 0 N–H and O–H groups in total. The molecule has 1 nitrogen and oxygen atoms in total. The van der Waals surface area contributed by atoms with Crippen LogP contribution in [0, 0.1) is 17.8 Å². The second-order valence-electron chi connectivity index (χ2n) is 6.38. The first-order chi connectivity index (χ1) is 8.51. The summed E-state index contributed by atoms with van der Waals surface area (Å²) in [4.78, 5) is 2.44. The largest absolute Gasteiger partial charge is 0.377 e. The highest BCUT2D eigenvalue weighted by molar-refractivity contribution is 5.16. The van der Waals surface area contributed by atoms with E-state index in [1.54, 1.807) is 0 Å². The van der Waals surface area contributed by atoms with Gasteiger partial charge in [-0.1, -0.05) is 52.2 Å². The van der Waals surface area contributed by atoms with Crippen LogP contribution in [0.4, 0.5) is 0 Å². The van der Waals surface area contributed by atoms with Crippen molar-refractivity contribution in [2.24, 2.45) is 17.8 Å². The lowest BCUT2D eigenvalue weighted by atomic mass is 9.90. The molecule has 1 heterocycles. The molecule has 0 bridgehead atoms. The van der Waals surface area contributed by atoms with E-state index in [0.29, 0.717) is 5.92 Å². The SMILES string of the molecule is CCC(C)CCC1CN(/C=C\C(C)=C/C(C)C)C1. The lowest BCUT2D eigenvalue weighted by Gasteiger charge is -2.39. The van der Waals surface area contributed by atoms with Gasteiger partial charge in [0, 0.05) is 13.1 Å². The highest BCUT2D eigenvalue weighted by Crippen LogP contribution is 2.24. The van der Waals surface area contributed by atoms with Crippen molar-refractivity contribution >= 4 is 0 Å². The Kier molecular flexibility index (Phi) is 6.52. The maximum absolute atomic E-state index is 2.44. The molecule has 0 aromatic heterocycles. The fourth-order valence-electron chi connectivity index (χ4n) is 2.44. The van der Waals surface area contributed by atoms with Crippen molar-refractivity contribution in [1.82, 2.24) is 4.90 Å². The van der Waals surface area contributed by atoms with E-state index in [1.165, 1.54) is 37.9 Å². The molecule has 1 rings (SSSR count). The molecule has 0 aromatic carbocycles. The van der Waals surface area contributed by atoms with Crippen molar-refractivity contribution < 1.29 is 0 Å². The molecule has 1 atom stereocenters. The van der Waals surface area contributed by atoms with Crippen LogP contribution in [0.1, 0.15) is 53.9 Å². The van der Waals surface area contributed by atoms with E-state index in [-0.39, 0.29) is 0 Å². The summed E-state index contributed by atoms with van der Waals surface area (Å²) in [6.45, 7) is 13.8. The number of nitrogens with zero attached hydrogens (tertiary/aromatic N) is 1. The van der Waals surface area contributed by atoms with Crippen LogP contribution in [0.5, 0.6) is 0 Å². The van der Waals surface area contributed by atoms with Crippen molar-refractivity contribution in [2.75, 3.05) is 13.1 Å². The Bertz CT molecular complexity index is 282. The van der Waals surface area contributed by atoms with Crippen molar-refractivity contribution in [3.8, 4) is 0 Å². The normalized spacial score (nSPS) is 19.7. The van der Waals surface area contributed by atoms with E-state index in [9.17, 15) is 0 Å². The molecule has 0 radical (unpaired) electrons. The van der Waals surface area contributed by atoms with Crippen LogP contribution in [0.2, 0.25) is 0 Å². The third-order valence-corrected chi connectivity index (χ3v) is 3.89. The van der Waals surface area contributed by atoms with Gasteiger partial charge in [0.05, 0.1) is 0 Å². The Morgan fingerprint density at radius 2 is 1.94 bits per heavy atom. The summed E-state index contributed by atoms with van der Waals surface area (Å²) in [7, 11) is 0. The third kappa shape index (κ3) is 5.75. The molecule has 18 heavy (non-hydrogen) atoms. The zero-order valence-electron chi connectivity index (χ0n) is 12.9. The first-order valence-electron chi connectivity index (χ1n) is 7.62. The fraction of sp³-hybridized carbons (Fsp3) is 0.765. The zero-order chi connectivity index (χ0) is 13.5. The Morgan fingerprint density at radius 1 is 1.28 bits per heavy atom. The van der Waals surface area contributed by atoms with Crippen molar-refractivity contribution in [3.63, 3.8) is 0 Å². The molecule has 0 aliphatic carbocycles. The fourth-order valence-corrected chi connectivity index (χ4v) is 2.44. The van der Waals surface area contributed by atoms with E-state index in [4.69, 9.17) is 0 Å². The molecule has 1 saturated heterocycles. The number of likely N-dealkylation sites (tertiary alicyclic amines) is 1. The summed E-state index contributed by atoms with van der Waals surface area (Å²) in [6, 6.07) is 0. The summed E-state index contributed by atoms with van der Waals surface area (Å²) in [5.74, 6) is 2.50. The first kappa shape index (κ1) is 15.3. The van der Waals surface area contributed by atoms with E-state index < -0.39 is 0 Å². The minimum absolute atomic E-state index is 0.648. The molecular formula is C17H31N. The van der Waals surface area contributed by atoms with E-state index in [2.05, 4.69) is 57.9 Å². The van der Waals surface area contributed by atoms with Gasteiger partial charge in [-0.05, 0) is 43.4 Å². The van der Waals surface area contributed by atoms with Crippen LogP contribution in [-0.2, 0) is 0 Å². The number of hydrogen-bond acceptors (Lipinski definition) is 1. The summed E-state index contributed by atoms with van der Waals surface area (Å²) in [6.07, 6.45) is 11.0. The Hall–Kier alpha value is -0.720. The van der Waals surface area contributed by atoms with Gasteiger partial charge in [-0.2, -0.15) is 0 Å². The monoisotopic (exact) mass is 249 g/mol. The summed E-state index contributed by atoms with van der Waals surface area (Å²) in [5, 5.41) is 0. The number of allylic oxidation sites excluding steroid dienone is 3. The van der Waals surface area contributed by atoms with E-state index >= 15 is 0 Å². The Balaban J connectivity index is 2.17. The van der Waals surface area contributed by atoms with Crippen LogP contribution in [0.3, 0.4) is 0 Å². The average Bonchev–Trinajstić information content (AvgIpc) is 2.24. The van der Waals surface area contributed by atoms with E-state index in [0.717, 1.165) is 11.8 Å². The van der Waals surface area contributed by atoms with Gasteiger partial charge < -0.3 is 4.90 Å². The predicted octanol–water partition coefficient (Wildman–Crippen LogP) is 4.86. The topological polar surface area (TPSA) is 3.24 Å². The molecule has 104 valence electrons. The summed E-state index contributed by atoms with van der Waals surface area (Å²) >= 11 is 0. The summed E-state index contributed by atoms with van der Waals surface area (Å²) in [5.41, 5.74) is 1.38. The van der Waals surface area contributed by atoms with Gasteiger partial charge in [-0.3, -0.25) is 0 Å². The second kappa shape index (κ2) is 7.66. The van der Waals surface area contributed by atoms with Gasteiger partial charge in [0.1, 0.15) is 0 Å². The molecule has 0 saturated carbocycles. The Labute approximate surface area is 114 Å². The van der Waals surface area contributed by atoms with Gasteiger partial charge in [0.2, 0.25) is 0 Å². The number of rotatable bonds is 7. The van der Waals surface area contributed by atoms with Gasteiger partial charge in [0.15, 0.2) is 0 Å². The lowest BCUT2D eigenvalue weighted by molar-refractivity contribution is 0.144. The molecular weight excluding hydrogens is 218 g/mol. The quantitative estimate of drug-likeness (QED) is 0.582. The van der Waals surface area contributed by atoms with Gasteiger partial charge >= 0.3 is 0 Å². The van der Waals surface area contributed by atoms with Crippen molar-refractivity contribution in [3.05, 3.63) is 23.9 Å². The van der Waals surface area contributed by atoms with Crippen LogP contribution in [-0.4, -0.2) is 18.0 Å². The molecule has 0 spiro atoms. The van der Waals surface area contributed by atoms with E-state index in [1.807, 2.05) is 0 Å². The third-order valence-electron chi connectivity index (χ3n) is 3.89. The highest BCUT2D eigenvalue weighted by atomic mass is 15.2. The summed E-state index contributed by atoms with van der Waals surface area (Å²) < 4.78 is 0. The maximum Gasteiger partial charge on any atom is 0.0217 e. The van der Waals surface area contributed by atoms with Crippen LogP contribution in [0.25, 0.3) is 0 Å². The minimum Gasteiger partial charge on any atom is -0.377 e. The van der Waals surface area contributed by atoms with Gasteiger partial charge in [-0.15, -0.1) is 0 Å². The standard InChI is InChI=1S/C17H31N/c1-6-15(4)7-8-17-12-18(13-17)10-9-16(5)11-14(2)3/h9-11,14-15,17H,6-8,12-13H2,1-5H3/b10-9-,16-11-. The molecule has 0 amide bonds. The molecule has 1 aliphatic heterocycles. The lowest BCUT2D eigenvalue weighted by Crippen LogP contribution is -2.42. The molecule has 1 fully saturated rings. The molecule has 0 aromatic rings. The Morgan fingerprint density at radius 3 is 2.50 bits per heavy atom. The highest BCUT2D eigenvalue weighted by Gasteiger charge is 2.23.